The summed E-state index contributed by atoms with van der Waals surface area (Å²) in [5, 5.41) is 0.387. The van der Waals surface area contributed by atoms with Crippen molar-refractivity contribution in [2.24, 2.45) is 4.99 Å². The van der Waals surface area contributed by atoms with E-state index in [4.69, 9.17) is 21.1 Å². The number of amides is 1. The number of hydrogen-bond donors (Lipinski definition) is 0. The smallest absolute Gasteiger partial charge is 0.281 e. The standard InChI is InChI=1S/C18H17ClN2O3S/c1-23-11-10-21-16-14(24-2)8-5-9-15(16)25-18(21)20-17(22)12-6-3-4-7-13(12)19/h3-9H,10-11H2,1-2H3. The first-order chi connectivity index (χ1) is 12.2. The molecule has 0 spiro atoms. The highest BCUT2D eigenvalue weighted by Crippen LogP contribution is 2.27. The van der Waals surface area contributed by atoms with E-state index in [0.717, 1.165) is 16.0 Å². The third-order valence-electron chi connectivity index (χ3n) is 3.70. The van der Waals surface area contributed by atoms with Crippen LogP contribution in [0.15, 0.2) is 47.5 Å². The summed E-state index contributed by atoms with van der Waals surface area (Å²) in [7, 11) is 3.26. The number of fused-ring (bicyclic) bond motifs is 1. The van der Waals surface area contributed by atoms with E-state index in [1.54, 1.807) is 38.5 Å². The van der Waals surface area contributed by atoms with E-state index in [-0.39, 0.29) is 5.91 Å². The molecule has 0 fully saturated rings. The number of methoxy groups -OCH3 is 2. The number of para-hydroxylation sites is 1. The van der Waals surface area contributed by atoms with Gasteiger partial charge in [0.1, 0.15) is 11.3 Å². The third-order valence-corrected chi connectivity index (χ3v) is 5.08. The first-order valence-corrected chi connectivity index (χ1v) is 8.84. The highest BCUT2D eigenvalue weighted by Gasteiger charge is 2.14. The molecule has 7 heteroatoms. The Balaban J connectivity index is 2.18. The van der Waals surface area contributed by atoms with E-state index in [1.165, 1.54) is 11.3 Å². The van der Waals surface area contributed by atoms with Gasteiger partial charge in [0, 0.05) is 13.7 Å². The zero-order chi connectivity index (χ0) is 17.8. The number of carbonyl (C=O) groups excluding carboxylic acids is 1. The fraction of sp³-hybridized carbons (Fsp3) is 0.222. The van der Waals surface area contributed by atoms with Crippen molar-refractivity contribution in [1.82, 2.24) is 4.57 Å². The van der Waals surface area contributed by atoms with Gasteiger partial charge in [-0.05, 0) is 24.3 Å². The molecule has 0 aliphatic carbocycles. The summed E-state index contributed by atoms with van der Waals surface area (Å²) in [5.41, 5.74) is 1.28. The molecule has 0 saturated heterocycles. The molecule has 0 bridgehead atoms. The quantitative estimate of drug-likeness (QED) is 0.681. The fourth-order valence-corrected chi connectivity index (χ4v) is 3.81. The van der Waals surface area contributed by atoms with Crippen LogP contribution in [0.3, 0.4) is 0 Å². The number of thiazole rings is 1. The van der Waals surface area contributed by atoms with Gasteiger partial charge in [0.15, 0.2) is 4.80 Å². The normalized spacial score (nSPS) is 11.9. The Morgan fingerprint density at radius 1 is 1.20 bits per heavy atom. The minimum atomic E-state index is -0.373. The molecule has 0 radical (unpaired) electrons. The monoisotopic (exact) mass is 376 g/mol. The lowest BCUT2D eigenvalue weighted by Gasteiger charge is -2.08. The minimum absolute atomic E-state index is 0.373. The first kappa shape index (κ1) is 17.7. The molecule has 3 aromatic rings. The molecule has 0 N–H and O–H groups in total. The van der Waals surface area contributed by atoms with E-state index in [0.29, 0.717) is 28.5 Å². The van der Waals surface area contributed by atoms with Crippen LogP contribution in [0.4, 0.5) is 0 Å². The Morgan fingerprint density at radius 3 is 2.72 bits per heavy atom. The van der Waals surface area contributed by atoms with Crippen molar-refractivity contribution in [1.29, 1.82) is 0 Å². The Hall–Kier alpha value is -2.15. The molecule has 25 heavy (non-hydrogen) atoms. The number of rotatable bonds is 5. The number of benzene rings is 2. The van der Waals surface area contributed by atoms with Crippen LogP contribution in [0, 0.1) is 0 Å². The number of halogens is 1. The van der Waals surface area contributed by atoms with Gasteiger partial charge in [0.25, 0.3) is 5.91 Å². The molecular formula is C18H17ClN2O3S. The topological polar surface area (TPSA) is 52.8 Å². The molecule has 0 aliphatic heterocycles. The summed E-state index contributed by atoms with van der Waals surface area (Å²) in [6, 6.07) is 12.7. The van der Waals surface area contributed by atoms with Crippen LogP contribution in [0.25, 0.3) is 10.2 Å². The van der Waals surface area contributed by atoms with E-state index in [2.05, 4.69) is 4.99 Å². The average molecular weight is 377 g/mol. The van der Waals surface area contributed by atoms with Gasteiger partial charge in [-0.2, -0.15) is 4.99 Å². The summed E-state index contributed by atoms with van der Waals surface area (Å²) < 4.78 is 13.6. The Kier molecular flexibility index (Phi) is 5.53. The van der Waals surface area contributed by atoms with Crippen molar-refractivity contribution in [3.8, 4) is 5.75 Å². The van der Waals surface area contributed by atoms with Crippen molar-refractivity contribution >= 4 is 39.1 Å². The van der Waals surface area contributed by atoms with Crippen molar-refractivity contribution in [2.75, 3.05) is 20.8 Å². The SMILES string of the molecule is COCCn1c(=NC(=O)c2ccccc2Cl)sc2cccc(OC)c21. The summed E-state index contributed by atoms with van der Waals surface area (Å²) in [6.45, 7) is 1.06. The second kappa shape index (κ2) is 7.82. The van der Waals surface area contributed by atoms with Crippen LogP contribution in [0.5, 0.6) is 5.75 Å². The number of nitrogens with zero attached hydrogens (tertiary/aromatic N) is 2. The van der Waals surface area contributed by atoms with E-state index < -0.39 is 0 Å². The molecule has 0 unspecified atom stereocenters. The third kappa shape index (κ3) is 3.61. The zero-order valence-corrected chi connectivity index (χ0v) is 15.4. The molecule has 1 aromatic heterocycles. The molecule has 1 heterocycles. The van der Waals surface area contributed by atoms with Crippen LogP contribution < -0.4 is 9.54 Å². The van der Waals surface area contributed by atoms with Gasteiger partial charge >= 0.3 is 0 Å². The van der Waals surface area contributed by atoms with Crippen molar-refractivity contribution < 1.29 is 14.3 Å². The van der Waals surface area contributed by atoms with Gasteiger partial charge in [0.2, 0.25) is 0 Å². The molecule has 1 amide bonds. The van der Waals surface area contributed by atoms with E-state index >= 15 is 0 Å². The highest BCUT2D eigenvalue weighted by atomic mass is 35.5. The molecule has 2 aromatic carbocycles. The lowest BCUT2D eigenvalue weighted by Crippen LogP contribution is -2.19. The second-order valence-electron chi connectivity index (χ2n) is 5.23. The molecule has 5 nitrogen and oxygen atoms in total. The van der Waals surface area contributed by atoms with Crippen LogP contribution in [-0.4, -0.2) is 31.3 Å². The van der Waals surface area contributed by atoms with Gasteiger partial charge in [0.05, 0.1) is 29.0 Å². The molecule has 130 valence electrons. The average Bonchev–Trinajstić information content (AvgIpc) is 2.97. The lowest BCUT2D eigenvalue weighted by atomic mass is 10.2. The molecule has 0 aliphatic rings. The molecule has 3 rings (SSSR count). The van der Waals surface area contributed by atoms with Crippen molar-refractivity contribution in [3.63, 3.8) is 0 Å². The van der Waals surface area contributed by atoms with Gasteiger partial charge in [-0.15, -0.1) is 0 Å². The van der Waals surface area contributed by atoms with Crippen LogP contribution >= 0.6 is 22.9 Å². The van der Waals surface area contributed by atoms with Crippen molar-refractivity contribution in [3.05, 3.63) is 57.9 Å². The van der Waals surface area contributed by atoms with Gasteiger partial charge < -0.3 is 14.0 Å². The van der Waals surface area contributed by atoms with Gasteiger partial charge in [-0.3, -0.25) is 4.79 Å². The van der Waals surface area contributed by atoms with Gasteiger partial charge in [-0.1, -0.05) is 41.1 Å². The zero-order valence-electron chi connectivity index (χ0n) is 13.9. The van der Waals surface area contributed by atoms with Crippen LogP contribution in [0.2, 0.25) is 5.02 Å². The summed E-state index contributed by atoms with van der Waals surface area (Å²) >= 11 is 7.54. The predicted molar refractivity (Wildman–Crippen MR) is 99.6 cm³/mol. The largest absolute Gasteiger partial charge is 0.495 e. The summed E-state index contributed by atoms with van der Waals surface area (Å²) in [4.78, 5) is 17.5. The number of carbonyl (C=O) groups is 1. The molecular weight excluding hydrogens is 360 g/mol. The number of ether oxygens (including phenoxy) is 2. The number of hydrogen-bond acceptors (Lipinski definition) is 4. The predicted octanol–water partition coefficient (Wildman–Crippen LogP) is 3.75. The Morgan fingerprint density at radius 2 is 2.00 bits per heavy atom. The fourth-order valence-electron chi connectivity index (χ4n) is 2.52. The Labute approximate surface area is 154 Å². The van der Waals surface area contributed by atoms with E-state index in [9.17, 15) is 4.79 Å². The first-order valence-electron chi connectivity index (χ1n) is 7.64. The van der Waals surface area contributed by atoms with E-state index in [1.807, 2.05) is 22.8 Å². The minimum Gasteiger partial charge on any atom is -0.495 e. The maximum atomic E-state index is 12.6. The molecule has 0 atom stereocenters. The number of aromatic nitrogens is 1. The van der Waals surface area contributed by atoms with Crippen molar-refractivity contribution in [2.45, 2.75) is 6.54 Å². The summed E-state index contributed by atoms with van der Waals surface area (Å²) in [5.74, 6) is 0.360. The van der Waals surface area contributed by atoms with Crippen LogP contribution in [-0.2, 0) is 11.3 Å². The van der Waals surface area contributed by atoms with Crippen LogP contribution in [0.1, 0.15) is 10.4 Å². The molecule has 0 saturated carbocycles. The second-order valence-corrected chi connectivity index (χ2v) is 6.65. The lowest BCUT2D eigenvalue weighted by molar-refractivity contribution is 0.0997. The maximum absolute atomic E-state index is 12.6. The highest BCUT2D eigenvalue weighted by molar-refractivity contribution is 7.16. The summed E-state index contributed by atoms with van der Waals surface area (Å²) in [6.07, 6.45) is 0. The Bertz CT molecular complexity index is 978. The van der Waals surface area contributed by atoms with Gasteiger partial charge in [-0.25, -0.2) is 0 Å². The maximum Gasteiger partial charge on any atom is 0.281 e.